The van der Waals surface area contributed by atoms with E-state index in [1.165, 1.54) is 12.3 Å². The van der Waals surface area contributed by atoms with E-state index in [0.29, 0.717) is 5.76 Å². The molecule has 1 fully saturated rings. The third-order valence-electron chi connectivity index (χ3n) is 1.83. The van der Waals surface area contributed by atoms with Crippen molar-refractivity contribution < 1.29 is 19.1 Å². The summed E-state index contributed by atoms with van der Waals surface area (Å²) in [6.07, 6.45) is 2.95. The number of furan rings is 1. The van der Waals surface area contributed by atoms with Crippen molar-refractivity contribution in [3.63, 3.8) is 0 Å². The van der Waals surface area contributed by atoms with Gasteiger partial charge < -0.3 is 9.52 Å². The number of carbonyl (C=O) groups excluding carboxylic acids is 2. The molecule has 0 atom stereocenters. The number of aliphatic hydroxyl groups is 1. The fourth-order valence-corrected chi connectivity index (χ4v) is 1.94. The van der Waals surface area contributed by atoms with Gasteiger partial charge in [-0.2, -0.15) is 0 Å². The normalized spacial score (nSPS) is 19.3. The summed E-state index contributed by atoms with van der Waals surface area (Å²) in [6, 6.07) is 3.36. The Bertz CT molecular complexity index is 423. The molecule has 0 unspecified atom stereocenters. The highest BCUT2D eigenvalue weighted by atomic mass is 32.2. The molecule has 0 aromatic carbocycles. The summed E-state index contributed by atoms with van der Waals surface area (Å²) in [4.78, 5) is 23.7. The Morgan fingerprint density at radius 1 is 1.53 bits per heavy atom. The van der Waals surface area contributed by atoms with Crippen LogP contribution in [0, 0.1) is 0 Å². The molecular formula is C9H7NO4S. The molecule has 1 saturated heterocycles. The average Bonchev–Trinajstić information content (AvgIpc) is 2.78. The largest absolute Gasteiger partial charge is 0.465 e. The molecular weight excluding hydrogens is 218 g/mol. The molecule has 15 heavy (non-hydrogen) atoms. The van der Waals surface area contributed by atoms with Crippen molar-refractivity contribution in [2.24, 2.45) is 0 Å². The average molecular weight is 225 g/mol. The third-order valence-corrected chi connectivity index (χ3v) is 2.74. The molecule has 2 heterocycles. The van der Waals surface area contributed by atoms with Gasteiger partial charge in [0.25, 0.3) is 11.1 Å². The van der Waals surface area contributed by atoms with E-state index in [4.69, 9.17) is 9.52 Å². The summed E-state index contributed by atoms with van der Waals surface area (Å²) in [6.45, 7) is -0.597. The Morgan fingerprint density at radius 3 is 2.87 bits per heavy atom. The number of carbonyl (C=O) groups is 2. The third kappa shape index (κ3) is 1.81. The van der Waals surface area contributed by atoms with E-state index < -0.39 is 17.9 Å². The first kappa shape index (κ1) is 10.0. The topological polar surface area (TPSA) is 70.8 Å². The molecule has 1 aliphatic heterocycles. The lowest BCUT2D eigenvalue weighted by Gasteiger charge is -2.05. The fraction of sp³-hybridized carbons (Fsp3) is 0.111. The smallest absolute Gasteiger partial charge is 0.295 e. The van der Waals surface area contributed by atoms with Crippen LogP contribution in [-0.2, 0) is 4.79 Å². The molecule has 1 aromatic rings. The maximum Gasteiger partial charge on any atom is 0.295 e. The van der Waals surface area contributed by atoms with Crippen molar-refractivity contribution >= 4 is 29.0 Å². The van der Waals surface area contributed by atoms with E-state index in [-0.39, 0.29) is 4.91 Å². The van der Waals surface area contributed by atoms with Crippen LogP contribution < -0.4 is 0 Å². The zero-order chi connectivity index (χ0) is 10.8. The minimum absolute atomic E-state index is 0.254. The van der Waals surface area contributed by atoms with Crippen molar-refractivity contribution in [1.29, 1.82) is 0 Å². The minimum atomic E-state index is -0.597. The van der Waals surface area contributed by atoms with Crippen molar-refractivity contribution in [3.8, 4) is 0 Å². The minimum Gasteiger partial charge on any atom is -0.465 e. The first-order valence-electron chi connectivity index (χ1n) is 4.12. The van der Waals surface area contributed by atoms with E-state index in [2.05, 4.69) is 0 Å². The SMILES string of the molecule is O=C1S/C(=C/c2ccco2)C(=O)N1CO. The van der Waals surface area contributed by atoms with E-state index in [1.807, 2.05) is 0 Å². The lowest BCUT2D eigenvalue weighted by Crippen LogP contribution is -2.28. The molecule has 78 valence electrons. The van der Waals surface area contributed by atoms with Crippen LogP contribution in [-0.4, -0.2) is 27.9 Å². The van der Waals surface area contributed by atoms with Crippen LogP contribution in [0.5, 0.6) is 0 Å². The molecule has 0 saturated carbocycles. The number of thioether (sulfide) groups is 1. The van der Waals surface area contributed by atoms with Crippen LogP contribution in [0.3, 0.4) is 0 Å². The molecule has 6 heteroatoms. The van der Waals surface area contributed by atoms with Crippen molar-refractivity contribution in [2.45, 2.75) is 0 Å². The zero-order valence-corrected chi connectivity index (χ0v) is 8.36. The summed E-state index contributed by atoms with van der Waals surface area (Å²) in [5.74, 6) is 0.00217. The van der Waals surface area contributed by atoms with Crippen LogP contribution in [0.4, 0.5) is 4.79 Å². The van der Waals surface area contributed by atoms with E-state index in [0.717, 1.165) is 16.7 Å². The van der Waals surface area contributed by atoms with Crippen molar-refractivity contribution in [1.82, 2.24) is 4.90 Å². The standard InChI is InChI=1S/C9H7NO4S/c11-5-10-8(12)7(15-9(10)13)4-6-2-1-3-14-6/h1-4,11H,5H2/b7-4+. The molecule has 2 amide bonds. The van der Waals surface area contributed by atoms with E-state index >= 15 is 0 Å². The number of hydrogen-bond acceptors (Lipinski definition) is 5. The molecule has 1 aliphatic rings. The van der Waals surface area contributed by atoms with Gasteiger partial charge in [-0.05, 0) is 23.9 Å². The lowest BCUT2D eigenvalue weighted by atomic mass is 10.4. The molecule has 0 spiro atoms. The van der Waals surface area contributed by atoms with Crippen LogP contribution in [0.2, 0.25) is 0 Å². The summed E-state index contributed by atoms with van der Waals surface area (Å²) >= 11 is 0.783. The quantitative estimate of drug-likeness (QED) is 0.767. The number of nitrogens with zero attached hydrogens (tertiary/aromatic N) is 1. The predicted octanol–water partition coefficient (Wildman–Crippen LogP) is 1.27. The zero-order valence-electron chi connectivity index (χ0n) is 7.54. The molecule has 0 bridgehead atoms. The van der Waals surface area contributed by atoms with Crippen molar-refractivity contribution in [2.75, 3.05) is 6.73 Å². The fourth-order valence-electron chi connectivity index (χ4n) is 1.12. The Labute approximate surface area is 89.4 Å². The summed E-state index contributed by atoms with van der Waals surface area (Å²) < 4.78 is 5.01. The van der Waals surface area contributed by atoms with Gasteiger partial charge in [0.15, 0.2) is 0 Å². The van der Waals surface area contributed by atoms with Gasteiger partial charge in [0.2, 0.25) is 0 Å². The molecule has 0 aliphatic carbocycles. The summed E-state index contributed by atoms with van der Waals surface area (Å²) in [5.41, 5.74) is 0. The van der Waals surface area contributed by atoms with Crippen LogP contribution >= 0.6 is 11.8 Å². The van der Waals surface area contributed by atoms with E-state index in [9.17, 15) is 9.59 Å². The Kier molecular flexibility index (Phi) is 2.61. The van der Waals surface area contributed by atoms with Gasteiger partial charge in [-0.1, -0.05) is 0 Å². The van der Waals surface area contributed by atoms with Gasteiger partial charge in [0, 0.05) is 6.08 Å². The first-order chi connectivity index (χ1) is 7.22. The van der Waals surface area contributed by atoms with Gasteiger partial charge in [-0.15, -0.1) is 0 Å². The second-order valence-electron chi connectivity index (χ2n) is 2.77. The predicted molar refractivity (Wildman–Crippen MR) is 53.6 cm³/mol. The highest BCUT2D eigenvalue weighted by molar-refractivity contribution is 8.18. The van der Waals surface area contributed by atoms with Gasteiger partial charge in [-0.25, -0.2) is 4.90 Å². The summed E-state index contributed by atoms with van der Waals surface area (Å²) in [7, 11) is 0. The number of imide groups is 1. The molecule has 5 nitrogen and oxygen atoms in total. The Balaban J connectivity index is 2.26. The monoisotopic (exact) mass is 225 g/mol. The van der Waals surface area contributed by atoms with Gasteiger partial charge >= 0.3 is 0 Å². The highest BCUT2D eigenvalue weighted by Gasteiger charge is 2.34. The maximum absolute atomic E-state index is 11.5. The van der Waals surface area contributed by atoms with Gasteiger partial charge in [0.1, 0.15) is 12.5 Å². The Morgan fingerprint density at radius 2 is 2.33 bits per heavy atom. The number of aliphatic hydroxyl groups excluding tert-OH is 1. The second kappa shape index (κ2) is 3.92. The number of hydrogen-bond donors (Lipinski definition) is 1. The maximum atomic E-state index is 11.5. The van der Waals surface area contributed by atoms with Gasteiger partial charge in [-0.3, -0.25) is 9.59 Å². The summed E-state index contributed by atoms with van der Waals surface area (Å²) in [5, 5.41) is 8.30. The van der Waals surface area contributed by atoms with Crippen LogP contribution in [0.25, 0.3) is 6.08 Å². The lowest BCUT2D eigenvalue weighted by molar-refractivity contribution is -0.125. The molecule has 1 aromatic heterocycles. The van der Waals surface area contributed by atoms with Crippen molar-refractivity contribution in [3.05, 3.63) is 29.1 Å². The molecule has 2 rings (SSSR count). The van der Waals surface area contributed by atoms with E-state index in [1.54, 1.807) is 12.1 Å². The number of amides is 2. The first-order valence-corrected chi connectivity index (χ1v) is 4.94. The van der Waals surface area contributed by atoms with Crippen LogP contribution in [0.15, 0.2) is 27.7 Å². The molecule has 0 radical (unpaired) electrons. The second-order valence-corrected chi connectivity index (χ2v) is 3.76. The Hall–Kier alpha value is -1.53. The van der Waals surface area contributed by atoms with Crippen LogP contribution in [0.1, 0.15) is 5.76 Å². The highest BCUT2D eigenvalue weighted by Crippen LogP contribution is 2.31. The molecule has 1 N–H and O–H groups in total. The van der Waals surface area contributed by atoms with Gasteiger partial charge in [0.05, 0.1) is 11.2 Å². The number of rotatable bonds is 2.